The van der Waals surface area contributed by atoms with Crippen molar-refractivity contribution in [3.8, 4) is 11.5 Å². The lowest BCUT2D eigenvalue weighted by Crippen LogP contribution is -2.11. The van der Waals surface area contributed by atoms with Gasteiger partial charge in [-0.05, 0) is 48.5 Å². The summed E-state index contributed by atoms with van der Waals surface area (Å²) >= 11 is 0. The Morgan fingerprint density at radius 1 is 1.00 bits per heavy atom. The van der Waals surface area contributed by atoms with E-state index in [2.05, 4.69) is 4.98 Å². The van der Waals surface area contributed by atoms with E-state index in [9.17, 15) is 9.59 Å². The molecule has 1 N–H and O–H groups in total. The van der Waals surface area contributed by atoms with E-state index in [0.717, 1.165) is 10.9 Å². The molecule has 0 aliphatic carbocycles. The molecule has 0 saturated carbocycles. The van der Waals surface area contributed by atoms with E-state index >= 15 is 0 Å². The molecular formula is C18H15NO4. The monoisotopic (exact) mass is 309 g/mol. The molecule has 0 saturated heterocycles. The molecular weight excluding hydrogens is 294 g/mol. The molecule has 1 aromatic heterocycles. The topological polar surface area (TPSA) is 68.4 Å². The fourth-order valence-corrected chi connectivity index (χ4v) is 2.23. The van der Waals surface area contributed by atoms with Crippen molar-refractivity contribution in [1.29, 1.82) is 0 Å². The van der Waals surface area contributed by atoms with E-state index in [1.165, 1.54) is 6.07 Å². The van der Waals surface area contributed by atoms with Gasteiger partial charge in [-0.1, -0.05) is 0 Å². The first-order valence-electron chi connectivity index (χ1n) is 7.09. The van der Waals surface area contributed by atoms with Gasteiger partial charge >= 0.3 is 0 Å². The van der Waals surface area contributed by atoms with Gasteiger partial charge in [0.25, 0.3) is 0 Å². The lowest BCUT2D eigenvalue weighted by atomic mass is 10.1. The number of ketones is 1. The molecule has 5 nitrogen and oxygen atoms in total. The standard InChI is InChI=1S/C18H15NO4/c1-22-14-5-2-12(3-6-14)17(20)11-23-15-7-8-16-13(10-15)4-9-18(21)19-16/h2-10H,11H2,1H3,(H,19,21). The largest absolute Gasteiger partial charge is 0.497 e. The number of hydrogen-bond acceptors (Lipinski definition) is 4. The van der Waals surface area contributed by atoms with Gasteiger partial charge in [0.15, 0.2) is 12.4 Å². The summed E-state index contributed by atoms with van der Waals surface area (Å²) in [6, 6.07) is 15.3. The first-order chi connectivity index (χ1) is 11.2. The number of hydrogen-bond donors (Lipinski definition) is 1. The van der Waals surface area contributed by atoms with Crippen molar-refractivity contribution in [2.75, 3.05) is 13.7 Å². The van der Waals surface area contributed by atoms with Crippen LogP contribution < -0.4 is 15.0 Å². The van der Waals surface area contributed by atoms with Gasteiger partial charge < -0.3 is 14.5 Å². The van der Waals surface area contributed by atoms with Crippen LogP contribution in [0.25, 0.3) is 10.9 Å². The second-order valence-corrected chi connectivity index (χ2v) is 5.01. The summed E-state index contributed by atoms with van der Waals surface area (Å²) in [6.07, 6.45) is 0. The number of Topliss-reactive ketones (excluding diaryl/α,β-unsaturated/α-hetero) is 1. The number of benzene rings is 2. The van der Waals surface area contributed by atoms with Crippen molar-refractivity contribution in [2.24, 2.45) is 0 Å². The first-order valence-corrected chi connectivity index (χ1v) is 7.09. The van der Waals surface area contributed by atoms with Gasteiger partial charge in [0, 0.05) is 22.5 Å². The van der Waals surface area contributed by atoms with E-state index in [4.69, 9.17) is 9.47 Å². The quantitative estimate of drug-likeness (QED) is 0.736. The zero-order chi connectivity index (χ0) is 16.2. The van der Waals surface area contributed by atoms with Crippen molar-refractivity contribution in [1.82, 2.24) is 4.98 Å². The van der Waals surface area contributed by atoms with Crippen LogP contribution in [0.3, 0.4) is 0 Å². The Hall–Kier alpha value is -3.08. The summed E-state index contributed by atoms with van der Waals surface area (Å²) in [5.74, 6) is 1.16. The van der Waals surface area contributed by atoms with Gasteiger partial charge in [0.2, 0.25) is 5.56 Å². The number of rotatable bonds is 5. The second kappa shape index (κ2) is 6.36. The maximum atomic E-state index is 12.1. The average Bonchev–Trinajstić information content (AvgIpc) is 2.59. The van der Waals surface area contributed by atoms with Crippen LogP contribution in [-0.2, 0) is 0 Å². The molecule has 116 valence electrons. The first kappa shape index (κ1) is 14.8. The fraction of sp³-hybridized carbons (Fsp3) is 0.111. The van der Waals surface area contributed by atoms with E-state index < -0.39 is 0 Å². The highest BCUT2D eigenvalue weighted by Crippen LogP contribution is 2.19. The molecule has 0 unspecified atom stereocenters. The van der Waals surface area contributed by atoms with Gasteiger partial charge in [0.1, 0.15) is 11.5 Å². The third-order valence-electron chi connectivity index (χ3n) is 3.48. The Bertz CT molecular complexity index is 897. The minimum atomic E-state index is -0.152. The number of aromatic nitrogens is 1. The number of methoxy groups -OCH3 is 1. The highest BCUT2D eigenvalue weighted by atomic mass is 16.5. The Kier molecular flexibility index (Phi) is 4.10. The van der Waals surface area contributed by atoms with Crippen molar-refractivity contribution in [3.05, 3.63) is 70.5 Å². The molecule has 5 heteroatoms. The van der Waals surface area contributed by atoms with E-state index in [1.807, 2.05) is 0 Å². The fourth-order valence-electron chi connectivity index (χ4n) is 2.23. The predicted octanol–water partition coefficient (Wildman–Crippen LogP) is 2.80. The summed E-state index contributed by atoms with van der Waals surface area (Å²) in [6.45, 7) is -0.0544. The molecule has 23 heavy (non-hydrogen) atoms. The molecule has 0 amide bonds. The minimum Gasteiger partial charge on any atom is -0.497 e. The molecule has 3 aromatic rings. The number of ether oxygens (including phenoxy) is 2. The lowest BCUT2D eigenvalue weighted by Gasteiger charge is -2.07. The van der Waals surface area contributed by atoms with Crippen LogP contribution in [0.2, 0.25) is 0 Å². The summed E-state index contributed by atoms with van der Waals surface area (Å²) in [7, 11) is 1.58. The van der Waals surface area contributed by atoms with Crippen LogP contribution in [-0.4, -0.2) is 24.5 Å². The zero-order valence-corrected chi connectivity index (χ0v) is 12.5. The highest BCUT2D eigenvalue weighted by molar-refractivity contribution is 5.97. The van der Waals surface area contributed by atoms with Crippen LogP contribution in [0, 0.1) is 0 Å². The molecule has 3 rings (SSSR count). The number of nitrogens with one attached hydrogen (secondary N) is 1. The second-order valence-electron chi connectivity index (χ2n) is 5.01. The molecule has 2 aromatic carbocycles. The van der Waals surface area contributed by atoms with Gasteiger partial charge in [-0.3, -0.25) is 9.59 Å². The number of carbonyl (C=O) groups is 1. The highest BCUT2D eigenvalue weighted by Gasteiger charge is 2.07. The van der Waals surface area contributed by atoms with E-state index in [0.29, 0.717) is 17.1 Å². The molecule has 1 heterocycles. The summed E-state index contributed by atoms with van der Waals surface area (Å²) in [5.41, 5.74) is 1.14. The minimum absolute atomic E-state index is 0.0544. The molecule has 0 bridgehead atoms. The average molecular weight is 309 g/mol. The zero-order valence-electron chi connectivity index (χ0n) is 12.5. The Morgan fingerprint density at radius 3 is 2.48 bits per heavy atom. The number of aromatic amines is 1. The van der Waals surface area contributed by atoms with Crippen LogP contribution in [0.5, 0.6) is 11.5 Å². The molecule has 0 aliphatic heterocycles. The molecule has 0 spiro atoms. The van der Waals surface area contributed by atoms with Crippen LogP contribution in [0.15, 0.2) is 59.4 Å². The van der Waals surface area contributed by atoms with Crippen LogP contribution in [0.1, 0.15) is 10.4 Å². The lowest BCUT2D eigenvalue weighted by molar-refractivity contribution is 0.0921. The maximum Gasteiger partial charge on any atom is 0.248 e. The Labute approximate surface area is 132 Å². The van der Waals surface area contributed by atoms with Gasteiger partial charge in [-0.25, -0.2) is 0 Å². The van der Waals surface area contributed by atoms with E-state index in [-0.39, 0.29) is 17.9 Å². The Balaban J connectivity index is 1.70. The third-order valence-corrected chi connectivity index (χ3v) is 3.48. The number of pyridine rings is 1. The molecule has 0 atom stereocenters. The Morgan fingerprint density at radius 2 is 1.74 bits per heavy atom. The summed E-state index contributed by atoms with van der Waals surface area (Å²) in [4.78, 5) is 26.1. The molecule has 0 aliphatic rings. The van der Waals surface area contributed by atoms with Crippen molar-refractivity contribution in [2.45, 2.75) is 0 Å². The van der Waals surface area contributed by atoms with Crippen molar-refractivity contribution < 1.29 is 14.3 Å². The van der Waals surface area contributed by atoms with Crippen LogP contribution >= 0.6 is 0 Å². The maximum absolute atomic E-state index is 12.1. The van der Waals surface area contributed by atoms with Crippen molar-refractivity contribution >= 4 is 16.7 Å². The van der Waals surface area contributed by atoms with Crippen LogP contribution in [0.4, 0.5) is 0 Å². The third kappa shape index (κ3) is 3.40. The van der Waals surface area contributed by atoms with Gasteiger partial charge in [-0.15, -0.1) is 0 Å². The molecule has 0 radical (unpaired) electrons. The number of carbonyl (C=O) groups excluding carboxylic acids is 1. The normalized spacial score (nSPS) is 10.5. The SMILES string of the molecule is COc1ccc(C(=O)COc2ccc3[nH]c(=O)ccc3c2)cc1. The van der Waals surface area contributed by atoms with Gasteiger partial charge in [0.05, 0.1) is 7.11 Å². The van der Waals surface area contributed by atoms with Gasteiger partial charge in [-0.2, -0.15) is 0 Å². The van der Waals surface area contributed by atoms with E-state index in [1.54, 1.807) is 55.6 Å². The number of H-pyrrole nitrogens is 1. The van der Waals surface area contributed by atoms with Crippen molar-refractivity contribution in [3.63, 3.8) is 0 Å². The smallest absolute Gasteiger partial charge is 0.248 e. The number of fused-ring (bicyclic) bond motifs is 1. The molecule has 0 fully saturated rings. The predicted molar refractivity (Wildman–Crippen MR) is 87.4 cm³/mol. The summed E-state index contributed by atoms with van der Waals surface area (Å²) in [5, 5.41) is 0.846. The summed E-state index contributed by atoms with van der Waals surface area (Å²) < 4.78 is 10.6.